The summed E-state index contributed by atoms with van der Waals surface area (Å²) in [6.45, 7) is 0.200. The van der Waals surface area contributed by atoms with Gasteiger partial charge in [0.1, 0.15) is 13.2 Å². The molecule has 224 valence electrons. The number of carboxylic acid groups (broad SMARTS) is 4. The first-order chi connectivity index (χ1) is 21.0. The van der Waals surface area contributed by atoms with Crippen LogP contribution in [0.1, 0.15) is 62.1 Å². The van der Waals surface area contributed by atoms with Crippen LogP contribution in [-0.2, 0) is 9.47 Å². The van der Waals surface area contributed by atoms with Crippen LogP contribution in [0.5, 0.6) is 0 Å². The van der Waals surface area contributed by atoms with Gasteiger partial charge in [-0.2, -0.15) is 0 Å². The Balaban J connectivity index is 0.000000185. The third kappa shape index (κ3) is 9.11. The predicted octanol–water partition coefficient (Wildman–Crippen LogP) is 4.85. The normalized spacial score (nSPS) is 11.7. The van der Waals surface area contributed by atoms with E-state index in [-0.39, 0.29) is 35.5 Å². The molecule has 2 bridgehead atoms. The zero-order chi connectivity index (χ0) is 32.2. The van der Waals surface area contributed by atoms with E-state index in [9.17, 15) is 28.8 Å². The molecule has 12 heteroatoms. The number of hydrogen-bond acceptors (Lipinski definition) is 8. The number of benzene rings is 4. The minimum absolute atomic E-state index is 0.0186. The van der Waals surface area contributed by atoms with E-state index in [1.807, 2.05) is 0 Å². The quantitative estimate of drug-likeness (QED) is 0.227. The second-order valence-electron chi connectivity index (χ2n) is 8.81. The molecule has 2 heterocycles. The molecule has 12 nitrogen and oxygen atoms in total. The van der Waals surface area contributed by atoms with Crippen LogP contribution < -0.4 is 0 Å². The van der Waals surface area contributed by atoms with Crippen molar-refractivity contribution < 1.29 is 58.7 Å². The predicted molar refractivity (Wildman–Crippen MR) is 153 cm³/mol. The highest BCUT2D eigenvalue weighted by Gasteiger charge is 2.13. The van der Waals surface area contributed by atoms with Gasteiger partial charge in [-0.15, -0.1) is 0 Å². The highest BCUT2D eigenvalue weighted by atomic mass is 16.6. The molecule has 44 heavy (non-hydrogen) atoms. The largest absolute Gasteiger partial charge is 0.478 e. The lowest BCUT2D eigenvalue weighted by molar-refractivity contribution is 0.0260. The summed E-state index contributed by atoms with van der Waals surface area (Å²) in [5, 5.41) is 34.6. The number of carbonyl (C=O) groups excluding carboxylic acids is 2. The highest BCUT2D eigenvalue weighted by Crippen LogP contribution is 2.20. The fourth-order valence-electron chi connectivity index (χ4n) is 3.57. The van der Waals surface area contributed by atoms with E-state index in [4.69, 9.17) is 29.9 Å². The molecular weight excluding hydrogens is 576 g/mol. The summed E-state index contributed by atoms with van der Waals surface area (Å²) >= 11 is 0. The molecule has 0 saturated heterocycles. The molecule has 0 aliphatic carbocycles. The zero-order valence-electron chi connectivity index (χ0n) is 22.7. The van der Waals surface area contributed by atoms with Crippen molar-refractivity contribution in [3.05, 3.63) is 130 Å². The van der Waals surface area contributed by atoms with Crippen LogP contribution in [0.25, 0.3) is 11.1 Å². The van der Waals surface area contributed by atoms with Crippen molar-refractivity contribution in [3.63, 3.8) is 0 Å². The Morgan fingerprint density at radius 3 is 1.02 bits per heavy atom. The molecule has 0 atom stereocenters. The SMILES string of the molecule is O=C(O)c1ccc(-c2ccc(C(=O)O)cc2)cc1.O=C(O)c1cccc(C(=O)O)c1.O=C1OCCOC(=O)c2ccc1cc2. The van der Waals surface area contributed by atoms with Gasteiger partial charge in [-0.05, 0) is 77.9 Å². The molecule has 0 unspecified atom stereocenters. The first kappa shape index (κ1) is 32.2. The minimum Gasteiger partial charge on any atom is -0.478 e. The van der Waals surface area contributed by atoms with E-state index >= 15 is 0 Å². The molecule has 2 aliphatic heterocycles. The van der Waals surface area contributed by atoms with Gasteiger partial charge in [0.05, 0.1) is 33.4 Å². The Kier molecular flexibility index (Phi) is 11.0. The number of carbonyl (C=O) groups is 6. The maximum atomic E-state index is 11.3. The van der Waals surface area contributed by atoms with Gasteiger partial charge in [-0.3, -0.25) is 0 Å². The third-order valence-corrected chi connectivity index (χ3v) is 5.86. The second-order valence-corrected chi connectivity index (χ2v) is 8.81. The number of carboxylic acids is 4. The Morgan fingerprint density at radius 2 is 0.727 bits per heavy atom. The van der Waals surface area contributed by atoms with Crippen molar-refractivity contribution >= 4 is 35.8 Å². The summed E-state index contributed by atoms with van der Waals surface area (Å²) in [5.41, 5.74) is 2.99. The summed E-state index contributed by atoms with van der Waals surface area (Å²) in [5.74, 6) is -4.98. The fraction of sp³-hybridized carbons (Fsp3) is 0.0625. The average molecular weight is 601 g/mol. The lowest BCUT2D eigenvalue weighted by Gasteiger charge is -2.09. The van der Waals surface area contributed by atoms with Crippen molar-refractivity contribution in [1.82, 2.24) is 0 Å². The van der Waals surface area contributed by atoms with Crippen LogP contribution in [0.4, 0.5) is 0 Å². The number of aromatic carboxylic acids is 4. The Morgan fingerprint density at radius 1 is 0.432 bits per heavy atom. The molecule has 0 saturated carbocycles. The number of rotatable bonds is 5. The molecule has 4 aromatic rings. The Bertz CT molecular complexity index is 1550. The van der Waals surface area contributed by atoms with Gasteiger partial charge in [-0.1, -0.05) is 30.3 Å². The average Bonchev–Trinajstić information content (AvgIpc) is 3.03. The topological polar surface area (TPSA) is 202 Å². The first-order valence-corrected chi connectivity index (χ1v) is 12.6. The van der Waals surface area contributed by atoms with Gasteiger partial charge < -0.3 is 29.9 Å². The van der Waals surface area contributed by atoms with E-state index in [0.717, 1.165) is 17.2 Å². The Labute approximate surface area is 249 Å². The van der Waals surface area contributed by atoms with Crippen molar-refractivity contribution in [2.75, 3.05) is 13.2 Å². The van der Waals surface area contributed by atoms with E-state index in [2.05, 4.69) is 0 Å². The van der Waals surface area contributed by atoms with Crippen LogP contribution in [-0.4, -0.2) is 69.5 Å². The molecule has 0 spiro atoms. The molecule has 0 fully saturated rings. The molecule has 0 radical (unpaired) electrons. The summed E-state index contributed by atoms with van der Waals surface area (Å²) in [4.78, 5) is 64.7. The van der Waals surface area contributed by atoms with Crippen LogP contribution in [0.3, 0.4) is 0 Å². The maximum Gasteiger partial charge on any atom is 0.338 e. The molecule has 4 N–H and O–H groups in total. The lowest BCUT2D eigenvalue weighted by atomic mass is 10.0. The monoisotopic (exact) mass is 600 g/mol. The minimum atomic E-state index is -1.13. The molecular formula is C32H24O12. The summed E-state index contributed by atoms with van der Waals surface area (Å²) < 4.78 is 9.66. The maximum absolute atomic E-state index is 11.3. The van der Waals surface area contributed by atoms with E-state index < -0.39 is 35.8 Å². The molecule has 2 aliphatic rings. The van der Waals surface area contributed by atoms with Crippen LogP contribution in [0.2, 0.25) is 0 Å². The van der Waals surface area contributed by atoms with Gasteiger partial charge in [0, 0.05) is 0 Å². The van der Waals surface area contributed by atoms with Crippen molar-refractivity contribution in [2.24, 2.45) is 0 Å². The standard InChI is InChI=1S/C14H10O4.C10H8O4.C8H6O4/c15-13(16)11-5-1-9(2-6-11)10-3-7-12(8-4-10)14(17)18;11-9-7-1-2-8(4-3-7)10(12)14-6-5-13-9;9-7(10)5-2-1-3-6(4-5)8(11)12/h1-8H,(H,15,16)(H,17,18);1-4H,5-6H2;1-4H,(H,9,10)(H,11,12). The van der Waals surface area contributed by atoms with E-state index in [0.29, 0.717) is 11.1 Å². The molecule has 0 amide bonds. The van der Waals surface area contributed by atoms with Gasteiger partial charge >= 0.3 is 35.8 Å². The van der Waals surface area contributed by atoms with Crippen LogP contribution in [0.15, 0.2) is 97.1 Å². The van der Waals surface area contributed by atoms with Crippen molar-refractivity contribution in [3.8, 4) is 11.1 Å². The first-order valence-electron chi connectivity index (χ1n) is 12.6. The van der Waals surface area contributed by atoms with E-state index in [1.165, 1.54) is 42.5 Å². The lowest BCUT2D eigenvalue weighted by Crippen LogP contribution is -2.16. The van der Waals surface area contributed by atoms with Crippen molar-refractivity contribution in [1.29, 1.82) is 0 Å². The number of esters is 2. The van der Waals surface area contributed by atoms with Gasteiger partial charge in [0.15, 0.2) is 0 Å². The van der Waals surface area contributed by atoms with Crippen LogP contribution >= 0.6 is 0 Å². The molecule has 0 aromatic heterocycles. The smallest absolute Gasteiger partial charge is 0.338 e. The fourth-order valence-corrected chi connectivity index (χ4v) is 3.57. The second kappa shape index (κ2) is 15.1. The molecule has 6 rings (SSSR count). The summed E-state index contributed by atoms with van der Waals surface area (Å²) in [7, 11) is 0. The van der Waals surface area contributed by atoms with Gasteiger partial charge in [0.2, 0.25) is 0 Å². The number of hydrogen-bond donors (Lipinski definition) is 4. The molecule has 4 aromatic carbocycles. The van der Waals surface area contributed by atoms with E-state index in [1.54, 1.807) is 48.5 Å². The summed E-state index contributed by atoms with van der Waals surface area (Å²) in [6, 6.07) is 24.2. The number of fused-ring (bicyclic) bond motifs is 7. The van der Waals surface area contributed by atoms with Crippen LogP contribution in [0, 0.1) is 0 Å². The van der Waals surface area contributed by atoms with Crippen molar-refractivity contribution in [2.45, 2.75) is 0 Å². The zero-order valence-corrected chi connectivity index (χ0v) is 22.7. The van der Waals surface area contributed by atoms with Gasteiger partial charge in [0.25, 0.3) is 0 Å². The van der Waals surface area contributed by atoms with Gasteiger partial charge in [-0.25, -0.2) is 28.8 Å². The number of ether oxygens (including phenoxy) is 2. The highest BCUT2D eigenvalue weighted by molar-refractivity contribution is 5.94. The Hall–Kier alpha value is -6.30. The summed E-state index contributed by atoms with van der Waals surface area (Å²) in [6.07, 6.45) is 0. The third-order valence-electron chi connectivity index (χ3n) is 5.86.